The second-order valence-corrected chi connectivity index (χ2v) is 7.44. The van der Waals surface area contributed by atoms with Gasteiger partial charge in [-0.2, -0.15) is 5.10 Å². The predicted octanol–water partition coefficient (Wildman–Crippen LogP) is 3.06. The minimum absolute atomic E-state index is 0.160. The molecule has 4 rings (SSSR count). The van der Waals surface area contributed by atoms with Gasteiger partial charge in [-0.15, -0.1) is 0 Å². The van der Waals surface area contributed by atoms with E-state index in [1.54, 1.807) is 23.0 Å². The number of nitrogens with one attached hydrogen (secondary N) is 1. The molecular weight excluding hydrogens is 371 g/mol. The van der Waals surface area contributed by atoms with E-state index < -0.39 is 0 Å². The van der Waals surface area contributed by atoms with E-state index in [1.165, 1.54) is 12.1 Å². The van der Waals surface area contributed by atoms with Crippen LogP contribution in [0, 0.1) is 5.82 Å². The Morgan fingerprint density at radius 2 is 1.69 bits per heavy atom. The Bertz CT molecular complexity index is 977. The first-order valence-electron chi connectivity index (χ1n) is 9.68. The van der Waals surface area contributed by atoms with Gasteiger partial charge in [-0.05, 0) is 54.6 Å². The molecule has 1 aromatic heterocycles. The normalized spacial score (nSPS) is 15.8. The molecule has 1 N–H and O–H groups in total. The molecule has 1 aliphatic rings. The Balaban J connectivity index is 1.47. The van der Waals surface area contributed by atoms with Crippen molar-refractivity contribution in [2.75, 3.05) is 33.2 Å². The number of likely N-dealkylation sites (N-methyl/N-ethyl adjacent to an activating group) is 1. The molecule has 1 amide bonds. The Kier molecular flexibility index (Phi) is 5.42. The number of carbonyl (C=O) groups is 1. The van der Waals surface area contributed by atoms with Crippen molar-refractivity contribution in [1.29, 1.82) is 0 Å². The fraction of sp³-hybridized carbons (Fsp3) is 0.273. The maximum absolute atomic E-state index is 13.0. The maximum Gasteiger partial charge on any atom is 0.335 e. The Labute approximate surface area is 169 Å². The quantitative estimate of drug-likeness (QED) is 0.675. The number of amides is 1. The van der Waals surface area contributed by atoms with E-state index in [0.717, 1.165) is 37.4 Å². The number of carbonyl (C=O) groups excluding carboxylic acids is 1. The van der Waals surface area contributed by atoms with Crippen LogP contribution < -0.4 is 10.1 Å². The molecule has 1 saturated heterocycles. The van der Waals surface area contributed by atoms with E-state index in [1.807, 2.05) is 37.4 Å². The van der Waals surface area contributed by atoms with Crippen molar-refractivity contribution in [3.05, 3.63) is 66.6 Å². The summed E-state index contributed by atoms with van der Waals surface area (Å²) in [6, 6.07) is 15.4. The molecule has 2 aromatic carbocycles. The zero-order chi connectivity index (χ0) is 20.3. The third-order valence-corrected chi connectivity index (χ3v) is 5.37. The summed E-state index contributed by atoms with van der Waals surface area (Å²) < 4.78 is 20.9. The van der Waals surface area contributed by atoms with Crippen LogP contribution in [0.2, 0.25) is 0 Å². The van der Waals surface area contributed by atoms with Crippen molar-refractivity contribution in [2.24, 2.45) is 0 Å². The van der Waals surface area contributed by atoms with Crippen LogP contribution >= 0.6 is 0 Å². The van der Waals surface area contributed by atoms with Crippen LogP contribution in [-0.4, -0.2) is 53.4 Å². The van der Waals surface area contributed by atoms with E-state index in [0.29, 0.717) is 16.0 Å². The topological polar surface area (TPSA) is 56.2 Å². The van der Waals surface area contributed by atoms with Crippen molar-refractivity contribution in [3.8, 4) is 22.8 Å². The molecule has 0 saturated carbocycles. The van der Waals surface area contributed by atoms with Crippen molar-refractivity contribution in [2.45, 2.75) is 6.54 Å². The number of halogens is 1. The molecule has 0 spiro atoms. The first-order chi connectivity index (χ1) is 14.0. The number of ether oxygens (including phenoxy) is 1. The SMILES string of the molecule is C[N+]1(C(=O)Cn2nccc2-c2ccc(Oc3ccc(F)cc3)cc2)CCNCC1. The highest BCUT2D eigenvalue weighted by molar-refractivity contribution is 5.70. The third kappa shape index (κ3) is 4.36. The molecule has 0 atom stereocenters. The molecule has 0 bridgehead atoms. The van der Waals surface area contributed by atoms with Gasteiger partial charge in [0.05, 0.1) is 25.8 Å². The van der Waals surface area contributed by atoms with Crippen molar-refractivity contribution in [1.82, 2.24) is 15.1 Å². The second-order valence-electron chi connectivity index (χ2n) is 7.44. The lowest BCUT2D eigenvalue weighted by Gasteiger charge is -2.35. The molecule has 1 aliphatic heterocycles. The Hall–Kier alpha value is -3.03. The molecule has 150 valence electrons. The van der Waals surface area contributed by atoms with E-state index in [2.05, 4.69) is 10.4 Å². The largest absolute Gasteiger partial charge is 0.457 e. The highest BCUT2D eigenvalue weighted by Gasteiger charge is 2.33. The van der Waals surface area contributed by atoms with Crippen molar-refractivity contribution < 1.29 is 18.4 Å². The van der Waals surface area contributed by atoms with E-state index in [-0.39, 0.29) is 18.3 Å². The number of hydrogen-bond acceptors (Lipinski definition) is 4. The summed E-state index contributed by atoms with van der Waals surface area (Å²) in [5.74, 6) is 1.09. The van der Waals surface area contributed by atoms with Crippen LogP contribution in [0.4, 0.5) is 4.39 Å². The second kappa shape index (κ2) is 8.14. The van der Waals surface area contributed by atoms with E-state index in [4.69, 9.17) is 4.74 Å². The van der Waals surface area contributed by atoms with Crippen molar-refractivity contribution >= 4 is 5.91 Å². The monoisotopic (exact) mass is 395 g/mol. The maximum atomic E-state index is 13.0. The van der Waals surface area contributed by atoms with Gasteiger partial charge < -0.3 is 10.1 Å². The lowest BCUT2D eigenvalue weighted by atomic mass is 10.1. The van der Waals surface area contributed by atoms with Gasteiger partial charge in [0.2, 0.25) is 0 Å². The van der Waals surface area contributed by atoms with Gasteiger partial charge in [0.25, 0.3) is 0 Å². The summed E-state index contributed by atoms with van der Waals surface area (Å²) >= 11 is 0. The smallest absolute Gasteiger partial charge is 0.335 e. The highest BCUT2D eigenvalue weighted by Crippen LogP contribution is 2.26. The Morgan fingerprint density at radius 3 is 2.34 bits per heavy atom. The van der Waals surface area contributed by atoms with E-state index >= 15 is 0 Å². The van der Waals surface area contributed by atoms with Gasteiger partial charge in [0.15, 0.2) is 6.54 Å². The molecule has 1 fully saturated rings. The van der Waals surface area contributed by atoms with Crippen LogP contribution in [0.15, 0.2) is 60.8 Å². The number of nitrogens with zero attached hydrogens (tertiary/aromatic N) is 3. The lowest BCUT2D eigenvalue weighted by Crippen LogP contribution is -2.60. The molecule has 3 aromatic rings. The number of quaternary nitrogens is 1. The molecule has 7 heteroatoms. The minimum Gasteiger partial charge on any atom is -0.457 e. The molecule has 0 radical (unpaired) electrons. The van der Waals surface area contributed by atoms with Crippen LogP contribution in [0.5, 0.6) is 11.5 Å². The summed E-state index contributed by atoms with van der Waals surface area (Å²) in [4.78, 5) is 12.9. The van der Waals surface area contributed by atoms with Crippen LogP contribution in [0.3, 0.4) is 0 Å². The molecule has 6 nitrogen and oxygen atoms in total. The van der Waals surface area contributed by atoms with Crippen LogP contribution in [0.1, 0.15) is 0 Å². The molecule has 29 heavy (non-hydrogen) atoms. The standard InChI is InChI=1S/C22H24FN4O2/c1-27(14-12-24-13-15-27)22(28)16-26-21(10-11-25-26)17-2-6-19(7-3-17)29-20-8-4-18(23)5-9-20/h2-11,24H,12-16H2,1H3/q+1. The summed E-state index contributed by atoms with van der Waals surface area (Å²) in [7, 11) is 1.99. The summed E-state index contributed by atoms with van der Waals surface area (Å²) in [5, 5.41) is 7.66. The van der Waals surface area contributed by atoms with Gasteiger partial charge in [0, 0.05) is 24.8 Å². The number of benzene rings is 2. The molecule has 0 aliphatic carbocycles. The minimum atomic E-state index is -0.299. The van der Waals surface area contributed by atoms with Gasteiger partial charge in [-0.1, -0.05) is 0 Å². The zero-order valence-electron chi connectivity index (χ0n) is 16.3. The first kappa shape index (κ1) is 19.3. The molecule has 2 heterocycles. The number of hydrogen-bond donors (Lipinski definition) is 1. The van der Waals surface area contributed by atoms with Crippen LogP contribution in [-0.2, 0) is 11.3 Å². The van der Waals surface area contributed by atoms with Crippen molar-refractivity contribution in [3.63, 3.8) is 0 Å². The van der Waals surface area contributed by atoms with Gasteiger partial charge in [-0.3, -0.25) is 9.16 Å². The molecular formula is C22H24FN4O2+. The fourth-order valence-electron chi connectivity index (χ4n) is 3.47. The number of piperazine rings is 1. The average molecular weight is 395 g/mol. The molecule has 0 unspecified atom stereocenters. The highest BCUT2D eigenvalue weighted by atomic mass is 19.1. The third-order valence-electron chi connectivity index (χ3n) is 5.37. The van der Waals surface area contributed by atoms with E-state index in [9.17, 15) is 9.18 Å². The summed E-state index contributed by atoms with van der Waals surface area (Å²) in [6.07, 6.45) is 1.71. The van der Waals surface area contributed by atoms with Gasteiger partial charge >= 0.3 is 5.91 Å². The van der Waals surface area contributed by atoms with Gasteiger partial charge in [0.1, 0.15) is 17.3 Å². The predicted molar refractivity (Wildman–Crippen MR) is 108 cm³/mol. The number of aromatic nitrogens is 2. The summed E-state index contributed by atoms with van der Waals surface area (Å²) in [6.45, 7) is 3.54. The average Bonchev–Trinajstić information content (AvgIpc) is 3.19. The lowest BCUT2D eigenvalue weighted by molar-refractivity contribution is -0.837. The van der Waals surface area contributed by atoms with Crippen LogP contribution in [0.25, 0.3) is 11.3 Å². The number of rotatable bonds is 5. The first-order valence-corrected chi connectivity index (χ1v) is 9.68. The fourth-order valence-corrected chi connectivity index (χ4v) is 3.47. The van der Waals surface area contributed by atoms with Gasteiger partial charge in [-0.25, -0.2) is 9.18 Å². The Morgan fingerprint density at radius 1 is 1.07 bits per heavy atom. The summed E-state index contributed by atoms with van der Waals surface area (Å²) in [5.41, 5.74) is 1.83. The zero-order valence-corrected chi connectivity index (χ0v) is 16.3.